The molecular weight excluding hydrogens is 431 g/mol. The quantitative estimate of drug-likeness (QED) is 0.572. The summed E-state index contributed by atoms with van der Waals surface area (Å²) in [4.78, 5) is 15.1. The normalized spacial score (nSPS) is 12.0. The number of hydrogen-bond donors (Lipinski definition) is 1. The molecule has 2 aromatic carbocycles. The number of sulfone groups is 1. The van der Waals surface area contributed by atoms with Gasteiger partial charge in [0.2, 0.25) is 0 Å². The van der Waals surface area contributed by atoms with E-state index in [-0.39, 0.29) is 16.0 Å². The Morgan fingerprint density at radius 3 is 2.39 bits per heavy atom. The number of carbonyl (C=O) groups is 1. The molecule has 1 aromatic heterocycles. The minimum atomic E-state index is -4.65. The highest BCUT2D eigenvalue weighted by atomic mass is 32.2. The molecule has 0 bridgehead atoms. The zero-order chi connectivity index (χ0) is 22.8. The van der Waals surface area contributed by atoms with Gasteiger partial charge in [0.15, 0.2) is 9.84 Å². The molecule has 0 radical (unpaired) electrons. The summed E-state index contributed by atoms with van der Waals surface area (Å²) in [5, 5.41) is 9.22. The highest BCUT2D eigenvalue weighted by molar-refractivity contribution is 7.90. The summed E-state index contributed by atoms with van der Waals surface area (Å²) in [5.41, 5.74) is -0.0771. The molecule has 0 aliphatic carbocycles. The SMILES string of the molecule is CCc1ccc(C(=O)O)cc1S(=O)(=O)Cc1cc(C(F)(F)F)ccc1-c1cccnc1. The summed E-state index contributed by atoms with van der Waals surface area (Å²) in [6.07, 6.45) is -1.41. The van der Waals surface area contributed by atoms with E-state index in [4.69, 9.17) is 0 Å². The molecule has 0 spiro atoms. The molecule has 0 fully saturated rings. The molecule has 162 valence electrons. The van der Waals surface area contributed by atoms with Crippen LogP contribution in [-0.4, -0.2) is 24.5 Å². The van der Waals surface area contributed by atoms with Gasteiger partial charge in [0, 0.05) is 18.0 Å². The second kappa shape index (κ2) is 8.50. The lowest BCUT2D eigenvalue weighted by Gasteiger charge is -2.16. The van der Waals surface area contributed by atoms with Gasteiger partial charge in [-0.25, -0.2) is 13.2 Å². The van der Waals surface area contributed by atoms with Crippen LogP contribution in [0, 0.1) is 0 Å². The van der Waals surface area contributed by atoms with Crippen molar-refractivity contribution in [2.24, 2.45) is 0 Å². The molecule has 5 nitrogen and oxygen atoms in total. The van der Waals surface area contributed by atoms with Gasteiger partial charge in [-0.05, 0) is 53.4 Å². The number of alkyl halides is 3. The maximum Gasteiger partial charge on any atom is 0.416 e. The first-order valence-electron chi connectivity index (χ1n) is 9.22. The van der Waals surface area contributed by atoms with Crippen molar-refractivity contribution in [3.63, 3.8) is 0 Å². The summed E-state index contributed by atoms with van der Waals surface area (Å²) in [6, 6.07) is 9.89. The van der Waals surface area contributed by atoms with Crippen LogP contribution >= 0.6 is 0 Å². The number of pyridine rings is 1. The topological polar surface area (TPSA) is 84.3 Å². The number of carboxylic acids is 1. The van der Waals surface area contributed by atoms with Gasteiger partial charge in [-0.1, -0.05) is 25.1 Å². The Morgan fingerprint density at radius 1 is 1.06 bits per heavy atom. The van der Waals surface area contributed by atoms with E-state index in [2.05, 4.69) is 4.98 Å². The predicted molar refractivity (Wildman–Crippen MR) is 108 cm³/mol. The van der Waals surface area contributed by atoms with E-state index < -0.39 is 33.3 Å². The molecule has 1 heterocycles. The van der Waals surface area contributed by atoms with Gasteiger partial charge in [0.1, 0.15) is 0 Å². The van der Waals surface area contributed by atoms with Crippen LogP contribution in [0.3, 0.4) is 0 Å². The Bertz CT molecular complexity index is 1220. The van der Waals surface area contributed by atoms with Crippen LogP contribution in [0.5, 0.6) is 0 Å². The van der Waals surface area contributed by atoms with E-state index in [1.165, 1.54) is 30.6 Å². The number of rotatable bonds is 6. The van der Waals surface area contributed by atoms with Crippen molar-refractivity contribution in [2.75, 3.05) is 0 Å². The van der Waals surface area contributed by atoms with Gasteiger partial charge in [0.05, 0.1) is 21.8 Å². The lowest BCUT2D eigenvalue weighted by molar-refractivity contribution is -0.137. The summed E-state index contributed by atoms with van der Waals surface area (Å²) < 4.78 is 66.3. The van der Waals surface area contributed by atoms with Crippen molar-refractivity contribution >= 4 is 15.8 Å². The number of carboxylic acid groups (broad SMARTS) is 1. The maximum atomic E-state index is 13.3. The molecule has 1 N–H and O–H groups in total. The minimum absolute atomic E-state index is 0.0504. The number of aromatic carboxylic acids is 1. The number of aromatic nitrogens is 1. The average molecular weight is 449 g/mol. The monoisotopic (exact) mass is 449 g/mol. The fourth-order valence-electron chi connectivity index (χ4n) is 3.24. The molecule has 0 saturated carbocycles. The smallest absolute Gasteiger partial charge is 0.416 e. The van der Waals surface area contributed by atoms with Crippen LogP contribution in [0.1, 0.15) is 34.0 Å². The van der Waals surface area contributed by atoms with Crippen molar-refractivity contribution in [1.29, 1.82) is 0 Å². The zero-order valence-electron chi connectivity index (χ0n) is 16.3. The van der Waals surface area contributed by atoms with Crippen molar-refractivity contribution in [1.82, 2.24) is 4.98 Å². The van der Waals surface area contributed by atoms with Crippen molar-refractivity contribution < 1.29 is 31.5 Å². The van der Waals surface area contributed by atoms with Gasteiger partial charge in [0.25, 0.3) is 0 Å². The number of hydrogen-bond acceptors (Lipinski definition) is 4. The Morgan fingerprint density at radius 2 is 1.81 bits per heavy atom. The lowest BCUT2D eigenvalue weighted by Crippen LogP contribution is -2.12. The van der Waals surface area contributed by atoms with Crippen LogP contribution in [0.15, 0.2) is 65.8 Å². The molecule has 0 saturated heterocycles. The number of aryl methyl sites for hydroxylation is 1. The molecular formula is C22H18F3NO4S. The zero-order valence-corrected chi connectivity index (χ0v) is 17.2. The molecule has 0 aliphatic rings. The van der Waals surface area contributed by atoms with Gasteiger partial charge in [-0.3, -0.25) is 4.98 Å². The maximum absolute atomic E-state index is 13.3. The summed E-state index contributed by atoms with van der Waals surface area (Å²) in [6.45, 7) is 1.71. The first kappa shape index (κ1) is 22.5. The van der Waals surface area contributed by atoms with Crippen molar-refractivity contribution in [3.05, 3.63) is 83.2 Å². The van der Waals surface area contributed by atoms with Crippen LogP contribution in [0.4, 0.5) is 13.2 Å². The van der Waals surface area contributed by atoms with Crippen LogP contribution in [0.25, 0.3) is 11.1 Å². The number of nitrogens with zero attached hydrogens (tertiary/aromatic N) is 1. The fraction of sp³-hybridized carbons (Fsp3) is 0.182. The van der Waals surface area contributed by atoms with E-state index in [1.807, 2.05) is 0 Å². The summed E-state index contributed by atoms with van der Waals surface area (Å²) in [5.74, 6) is -2.02. The first-order valence-corrected chi connectivity index (χ1v) is 10.9. The molecule has 3 rings (SSSR count). The Hall–Kier alpha value is -3.20. The first-order chi connectivity index (χ1) is 14.5. The van der Waals surface area contributed by atoms with Crippen LogP contribution < -0.4 is 0 Å². The molecule has 0 unspecified atom stereocenters. The van der Waals surface area contributed by atoms with E-state index in [9.17, 15) is 31.5 Å². The van der Waals surface area contributed by atoms with Gasteiger partial charge >= 0.3 is 12.1 Å². The van der Waals surface area contributed by atoms with Gasteiger partial charge < -0.3 is 5.11 Å². The molecule has 31 heavy (non-hydrogen) atoms. The van der Waals surface area contributed by atoms with Gasteiger partial charge in [-0.2, -0.15) is 13.2 Å². The minimum Gasteiger partial charge on any atom is -0.478 e. The standard InChI is InChI=1S/C22H18F3NO4S/c1-2-14-5-6-15(21(27)28)11-20(14)31(29,30)13-17-10-18(22(23,24)25)7-8-19(17)16-4-3-9-26-12-16/h3-12H,2,13H2,1H3,(H,27,28). The van der Waals surface area contributed by atoms with Crippen molar-refractivity contribution in [3.8, 4) is 11.1 Å². The molecule has 0 amide bonds. The Kier molecular flexibility index (Phi) is 6.17. The van der Waals surface area contributed by atoms with Crippen LogP contribution in [0.2, 0.25) is 0 Å². The molecule has 9 heteroatoms. The van der Waals surface area contributed by atoms with E-state index in [0.717, 1.165) is 18.2 Å². The molecule has 0 atom stereocenters. The van der Waals surface area contributed by atoms with E-state index >= 15 is 0 Å². The Balaban J connectivity index is 2.17. The van der Waals surface area contributed by atoms with Crippen LogP contribution in [-0.2, 0) is 28.2 Å². The lowest BCUT2D eigenvalue weighted by atomic mass is 9.99. The largest absolute Gasteiger partial charge is 0.478 e. The highest BCUT2D eigenvalue weighted by Crippen LogP contribution is 2.35. The summed E-state index contributed by atoms with van der Waals surface area (Å²) >= 11 is 0. The third-order valence-electron chi connectivity index (χ3n) is 4.78. The molecule has 0 aliphatic heterocycles. The third-order valence-corrected chi connectivity index (χ3v) is 6.52. The fourth-order valence-corrected chi connectivity index (χ4v) is 4.97. The summed E-state index contributed by atoms with van der Waals surface area (Å²) in [7, 11) is -4.16. The number of halogens is 3. The van der Waals surface area contributed by atoms with Crippen molar-refractivity contribution in [2.45, 2.75) is 30.2 Å². The predicted octanol–water partition coefficient (Wildman–Crippen LogP) is 5.00. The number of benzene rings is 2. The van der Waals surface area contributed by atoms with Gasteiger partial charge in [-0.15, -0.1) is 0 Å². The molecule has 3 aromatic rings. The van der Waals surface area contributed by atoms with E-state index in [0.29, 0.717) is 23.1 Å². The highest BCUT2D eigenvalue weighted by Gasteiger charge is 2.32. The average Bonchev–Trinajstić information content (AvgIpc) is 2.73. The second-order valence-electron chi connectivity index (χ2n) is 6.85. The second-order valence-corrected chi connectivity index (χ2v) is 8.81. The van der Waals surface area contributed by atoms with E-state index in [1.54, 1.807) is 19.1 Å². The third kappa shape index (κ3) is 4.93. The Labute approximate surface area is 177 Å².